The molecule has 144 valence electrons. The summed E-state index contributed by atoms with van der Waals surface area (Å²) in [4.78, 5) is 12.0. The van der Waals surface area contributed by atoms with E-state index in [1.165, 1.54) is 12.1 Å². The highest BCUT2D eigenvalue weighted by molar-refractivity contribution is 7.89. The molecule has 0 unspecified atom stereocenters. The minimum Gasteiger partial charge on any atom is -0.457 e. The van der Waals surface area contributed by atoms with Crippen LogP contribution in [-0.2, 0) is 21.4 Å². The molecule has 0 heterocycles. The molecule has 2 N–H and O–H groups in total. The summed E-state index contributed by atoms with van der Waals surface area (Å²) in [5.74, 6) is 0.482. The second-order valence-electron chi connectivity index (χ2n) is 5.79. The molecule has 3 aromatic rings. The Bertz CT molecular complexity index is 1100. The first-order chi connectivity index (χ1) is 13.3. The number of carbonyl (C=O) groups excluding carboxylic acids is 1. The van der Waals surface area contributed by atoms with Crippen molar-refractivity contribution in [3.05, 3.63) is 88.9 Å². The molecule has 0 amide bonds. The molecule has 0 radical (unpaired) electrons. The van der Waals surface area contributed by atoms with Crippen LogP contribution in [0.5, 0.6) is 11.5 Å². The Morgan fingerprint density at radius 3 is 2.36 bits per heavy atom. The van der Waals surface area contributed by atoms with Gasteiger partial charge < -0.3 is 9.47 Å². The zero-order valence-corrected chi connectivity index (χ0v) is 16.1. The molecule has 0 aromatic heterocycles. The Balaban J connectivity index is 1.75. The van der Waals surface area contributed by atoms with Crippen LogP contribution in [0.1, 0.15) is 15.9 Å². The van der Waals surface area contributed by atoms with Crippen molar-refractivity contribution in [1.29, 1.82) is 0 Å². The van der Waals surface area contributed by atoms with E-state index in [2.05, 4.69) is 0 Å². The summed E-state index contributed by atoms with van der Waals surface area (Å²) in [5.41, 5.74) is 0.676. The minimum absolute atomic E-state index is 0.0230. The highest BCUT2D eigenvalue weighted by Crippen LogP contribution is 2.26. The summed E-state index contributed by atoms with van der Waals surface area (Å²) in [7, 11) is -4.06. The maximum Gasteiger partial charge on any atom is 0.338 e. The van der Waals surface area contributed by atoms with E-state index in [4.69, 9.17) is 26.2 Å². The van der Waals surface area contributed by atoms with Gasteiger partial charge in [0, 0.05) is 5.56 Å². The molecule has 0 aliphatic heterocycles. The largest absolute Gasteiger partial charge is 0.457 e. The molecule has 0 saturated heterocycles. The van der Waals surface area contributed by atoms with Gasteiger partial charge in [0.05, 0.1) is 10.6 Å². The maximum atomic E-state index is 12.3. The first-order valence-corrected chi connectivity index (χ1v) is 10.1. The van der Waals surface area contributed by atoms with Gasteiger partial charge in [0.15, 0.2) is 0 Å². The lowest BCUT2D eigenvalue weighted by molar-refractivity contribution is 0.0470. The average molecular weight is 418 g/mol. The second kappa shape index (κ2) is 8.43. The second-order valence-corrected chi connectivity index (χ2v) is 7.73. The summed E-state index contributed by atoms with van der Waals surface area (Å²) in [5, 5.41) is 5.04. The van der Waals surface area contributed by atoms with E-state index >= 15 is 0 Å². The highest BCUT2D eigenvalue weighted by atomic mass is 35.5. The standard InChI is InChI=1S/C20H16ClNO5S/c21-17-11-10-14(12-19(17)28(22,24)25)20(23)26-13-15-6-4-5-9-18(15)27-16-7-2-1-3-8-16/h1-12H,13H2,(H2,22,24,25). The number of sulfonamides is 1. The van der Waals surface area contributed by atoms with Gasteiger partial charge in [-0.1, -0.05) is 48.0 Å². The number of primary sulfonamides is 1. The number of para-hydroxylation sites is 2. The quantitative estimate of drug-likeness (QED) is 0.608. The van der Waals surface area contributed by atoms with Gasteiger partial charge in [0.2, 0.25) is 10.0 Å². The van der Waals surface area contributed by atoms with Crippen LogP contribution in [0.2, 0.25) is 5.02 Å². The number of esters is 1. The molecule has 6 nitrogen and oxygen atoms in total. The predicted octanol–water partition coefficient (Wildman–Crippen LogP) is 4.14. The van der Waals surface area contributed by atoms with Crippen LogP contribution >= 0.6 is 11.6 Å². The predicted molar refractivity (Wildman–Crippen MR) is 105 cm³/mol. The lowest BCUT2D eigenvalue weighted by Gasteiger charge is -2.12. The SMILES string of the molecule is NS(=O)(=O)c1cc(C(=O)OCc2ccccc2Oc2ccccc2)ccc1Cl. The molecule has 0 aliphatic rings. The topological polar surface area (TPSA) is 95.7 Å². The lowest BCUT2D eigenvalue weighted by atomic mass is 10.2. The summed E-state index contributed by atoms with van der Waals surface area (Å²) >= 11 is 5.83. The fourth-order valence-electron chi connectivity index (χ4n) is 2.41. The smallest absolute Gasteiger partial charge is 0.338 e. The average Bonchev–Trinajstić information content (AvgIpc) is 2.67. The van der Waals surface area contributed by atoms with E-state index in [9.17, 15) is 13.2 Å². The van der Waals surface area contributed by atoms with Crippen molar-refractivity contribution in [1.82, 2.24) is 0 Å². The number of rotatable bonds is 6. The van der Waals surface area contributed by atoms with E-state index < -0.39 is 16.0 Å². The Morgan fingerprint density at radius 1 is 0.964 bits per heavy atom. The van der Waals surface area contributed by atoms with E-state index in [1.807, 2.05) is 30.3 Å². The monoisotopic (exact) mass is 417 g/mol. The van der Waals surface area contributed by atoms with Crippen LogP contribution in [0.4, 0.5) is 0 Å². The van der Waals surface area contributed by atoms with Gasteiger partial charge in [-0.3, -0.25) is 0 Å². The van der Waals surface area contributed by atoms with Gasteiger partial charge in [0.25, 0.3) is 0 Å². The highest BCUT2D eigenvalue weighted by Gasteiger charge is 2.17. The Kier molecular flexibility index (Phi) is 5.99. The number of halogens is 1. The van der Waals surface area contributed by atoms with Crippen LogP contribution < -0.4 is 9.88 Å². The molecule has 3 aromatic carbocycles. The van der Waals surface area contributed by atoms with Crippen LogP contribution in [0.15, 0.2) is 77.7 Å². The summed E-state index contributed by atoms with van der Waals surface area (Å²) in [6.45, 7) is -0.0603. The van der Waals surface area contributed by atoms with Crippen molar-refractivity contribution in [3.8, 4) is 11.5 Å². The van der Waals surface area contributed by atoms with Gasteiger partial charge in [-0.2, -0.15) is 0 Å². The number of benzene rings is 3. The first kappa shape index (κ1) is 19.9. The van der Waals surface area contributed by atoms with Crippen LogP contribution in [0.3, 0.4) is 0 Å². The minimum atomic E-state index is -4.06. The Labute approximate surface area is 167 Å². The molecule has 0 spiro atoms. The van der Waals surface area contributed by atoms with Gasteiger partial charge in [-0.25, -0.2) is 18.4 Å². The van der Waals surface area contributed by atoms with Gasteiger partial charge in [-0.05, 0) is 36.4 Å². The van der Waals surface area contributed by atoms with E-state index in [0.29, 0.717) is 17.1 Å². The Hall–Kier alpha value is -2.87. The van der Waals surface area contributed by atoms with Crippen molar-refractivity contribution in [2.45, 2.75) is 11.5 Å². The van der Waals surface area contributed by atoms with Crippen LogP contribution in [-0.4, -0.2) is 14.4 Å². The van der Waals surface area contributed by atoms with Gasteiger partial charge >= 0.3 is 5.97 Å². The molecule has 0 bridgehead atoms. The maximum absolute atomic E-state index is 12.3. The number of hydrogen-bond acceptors (Lipinski definition) is 5. The summed E-state index contributed by atoms with van der Waals surface area (Å²) in [6.07, 6.45) is 0. The zero-order valence-electron chi connectivity index (χ0n) is 14.5. The molecular weight excluding hydrogens is 402 g/mol. The number of carbonyl (C=O) groups is 1. The fraction of sp³-hybridized carbons (Fsp3) is 0.0500. The van der Waals surface area contributed by atoms with Crippen molar-refractivity contribution < 1.29 is 22.7 Å². The normalized spacial score (nSPS) is 11.1. The molecule has 28 heavy (non-hydrogen) atoms. The van der Waals surface area contributed by atoms with E-state index in [1.54, 1.807) is 24.3 Å². The third kappa shape index (κ3) is 4.89. The summed E-state index contributed by atoms with van der Waals surface area (Å²) in [6, 6.07) is 20.1. The molecule has 8 heteroatoms. The lowest BCUT2D eigenvalue weighted by Crippen LogP contribution is -2.14. The van der Waals surface area contributed by atoms with E-state index in [-0.39, 0.29) is 22.1 Å². The Morgan fingerprint density at radius 2 is 1.64 bits per heavy atom. The van der Waals surface area contributed by atoms with E-state index in [0.717, 1.165) is 6.07 Å². The third-order valence-corrected chi connectivity index (χ3v) is 5.17. The number of hydrogen-bond donors (Lipinski definition) is 1. The number of ether oxygens (including phenoxy) is 2. The first-order valence-electron chi connectivity index (χ1n) is 8.15. The molecule has 0 fully saturated rings. The zero-order chi connectivity index (χ0) is 20.1. The van der Waals surface area contributed by atoms with Crippen LogP contribution in [0, 0.1) is 0 Å². The van der Waals surface area contributed by atoms with Crippen LogP contribution in [0.25, 0.3) is 0 Å². The van der Waals surface area contributed by atoms with Crippen molar-refractivity contribution in [3.63, 3.8) is 0 Å². The summed E-state index contributed by atoms with van der Waals surface area (Å²) < 4.78 is 34.2. The number of nitrogens with two attached hydrogens (primary N) is 1. The molecule has 0 aliphatic carbocycles. The van der Waals surface area contributed by atoms with Crippen molar-refractivity contribution in [2.24, 2.45) is 5.14 Å². The third-order valence-electron chi connectivity index (χ3n) is 3.78. The fourth-order valence-corrected chi connectivity index (χ4v) is 3.48. The molecular formula is C20H16ClNO5S. The van der Waals surface area contributed by atoms with Crippen molar-refractivity contribution >= 4 is 27.6 Å². The molecule has 3 rings (SSSR count). The van der Waals surface area contributed by atoms with Gasteiger partial charge in [-0.15, -0.1) is 0 Å². The van der Waals surface area contributed by atoms with Crippen molar-refractivity contribution in [2.75, 3.05) is 0 Å². The molecule has 0 saturated carbocycles. The molecule has 0 atom stereocenters. The van der Waals surface area contributed by atoms with Gasteiger partial charge in [0.1, 0.15) is 23.0 Å².